The summed E-state index contributed by atoms with van der Waals surface area (Å²) in [7, 11) is 0. The molecule has 0 heterocycles. The van der Waals surface area contributed by atoms with Crippen LogP contribution in [0.15, 0.2) is 120 Å². The maximum absolute atomic E-state index is 11.9. The fraction of sp³-hybridized carbons (Fsp3) is 0.0345. The molecule has 0 unspecified atom stereocenters. The van der Waals surface area contributed by atoms with E-state index in [0.717, 1.165) is 42.8 Å². The van der Waals surface area contributed by atoms with Crippen molar-refractivity contribution in [2.45, 2.75) is 16.7 Å². The van der Waals surface area contributed by atoms with E-state index >= 15 is 0 Å². The summed E-state index contributed by atoms with van der Waals surface area (Å²) < 4.78 is 0. The zero-order valence-corrected chi connectivity index (χ0v) is 19.8. The fourth-order valence-electron chi connectivity index (χ4n) is 3.57. The van der Waals surface area contributed by atoms with E-state index in [1.54, 1.807) is 6.92 Å². The molecule has 0 spiro atoms. The SMILES string of the molecule is C=CC(=O)Sc1ccc(-c2cccc3c(-c4ccc(SC(=O)C(=C)C)cc4)cccc23)cc1. The molecule has 2 nitrogen and oxygen atoms in total. The molecule has 33 heavy (non-hydrogen) atoms. The van der Waals surface area contributed by atoms with Crippen molar-refractivity contribution in [1.29, 1.82) is 0 Å². The van der Waals surface area contributed by atoms with Gasteiger partial charge in [-0.25, -0.2) is 0 Å². The maximum atomic E-state index is 11.9. The van der Waals surface area contributed by atoms with Gasteiger partial charge in [-0.15, -0.1) is 0 Å². The molecule has 162 valence electrons. The molecule has 0 amide bonds. The average molecular weight is 467 g/mol. The van der Waals surface area contributed by atoms with Gasteiger partial charge in [0, 0.05) is 9.79 Å². The van der Waals surface area contributed by atoms with Gasteiger partial charge in [0.1, 0.15) is 0 Å². The molecule has 4 rings (SSSR count). The third-order valence-electron chi connectivity index (χ3n) is 5.20. The van der Waals surface area contributed by atoms with Crippen LogP contribution >= 0.6 is 23.5 Å². The molecular formula is C29H22O2S2. The molecule has 0 saturated carbocycles. The van der Waals surface area contributed by atoms with Crippen molar-refractivity contribution >= 4 is 44.5 Å². The molecule has 0 radical (unpaired) electrons. The summed E-state index contributed by atoms with van der Waals surface area (Å²) in [6, 6.07) is 28.7. The monoisotopic (exact) mass is 466 g/mol. The van der Waals surface area contributed by atoms with Crippen molar-refractivity contribution in [3.8, 4) is 22.3 Å². The minimum Gasteiger partial charge on any atom is -0.282 e. The van der Waals surface area contributed by atoms with Gasteiger partial charge in [-0.2, -0.15) is 0 Å². The van der Waals surface area contributed by atoms with Crippen molar-refractivity contribution in [1.82, 2.24) is 0 Å². The fourth-order valence-corrected chi connectivity index (χ4v) is 4.82. The van der Waals surface area contributed by atoms with E-state index in [0.29, 0.717) is 5.57 Å². The van der Waals surface area contributed by atoms with Crippen molar-refractivity contribution in [3.63, 3.8) is 0 Å². The first-order chi connectivity index (χ1) is 16.0. The number of carbonyl (C=O) groups excluding carboxylic acids is 2. The first kappa shape index (κ1) is 22.8. The van der Waals surface area contributed by atoms with Crippen LogP contribution in [0.4, 0.5) is 0 Å². The summed E-state index contributed by atoms with van der Waals surface area (Å²) in [5.41, 5.74) is 5.02. The molecule has 0 saturated heterocycles. The molecule has 0 atom stereocenters. The Morgan fingerprint density at radius 3 is 1.58 bits per heavy atom. The summed E-state index contributed by atoms with van der Waals surface area (Å²) in [6.07, 6.45) is 1.33. The molecule has 0 N–H and O–H groups in total. The zero-order chi connectivity index (χ0) is 23.4. The number of carbonyl (C=O) groups is 2. The van der Waals surface area contributed by atoms with Crippen molar-refractivity contribution < 1.29 is 9.59 Å². The smallest absolute Gasteiger partial charge is 0.219 e. The number of fused-ring (bicyclic) bond motifs is 1. The van der Waals surface area contributed by atoms with Gasteiger partial charge in [0.2, 0.25) is 10.2 Å². The van der Waals surface area contributed by atoms with Crippen molar-refractivity contribution in [2.24, 2.45) is 0 Å². The maximum Gasteiger partial charge on any atom is 0.219 e. The Morgan fingerprint density at radius 1 is 0.697 bits per heavy atom. The lowest BCUT2D eigenvalue weighted by molar-refractivity contribution is -0.108. The van der Waals surface area contributed by atoms with Gasteiger partial charge >= 0.3 is 0 Å². The molecule has 0 aliphatic carbocycles. The lowest BCUT2D eigenvalue weighted by atomic mass is 9.93. The van der Waals surface area contributed by atoms with E-state index in [9.17, 15) is 9.59 Å². The Labute approximate surface area is 202 Å². The van der Waals surface area contributed by atoms with E-state index < -0.39 is 0 Å². The van der Waals surface area contributed by atoms with E-state index in [4.69, 9.17) is 0 Å². The van der Waals surface area contributed by atoms with Crippen LogP contribution in [0.25, 0.3) is 33.0 Å². The number of hydrogen-bond acceptors (Lipinski definition) is 4. The van der Waals surface area contributed by atoms with Crippen LogP contribution in [0.5, 0.6) is 0 Å². The van der Waals surface area contributed by atoms with Crippen molar-refractivity contribution in [3.05, 3.63) is 110 Å². The average Bonchev–Trinajstić information content (AvgIpc) is 2.84. The van der Waals surface area contributed by atoms with Gasteiger partial charge in [0.05, 0.1) is 0 Å². The van der Waals surface area contributed by atoms with Crippen LogP contribution in [0.1, 0.15) is 6.92 Å². The molecular weight excluding hydrogens is 444 g/mol. The Hall–Kier alpha value is -3.34. The lowest BCUT2D eigenvalue weighted by Crippen LogP contribution is -1.91. The second-order valence-electron chi connectivity index (χ2n) is 7.55. The summed E-state index contributed by atoms with van der Waals surface area (Å²) >= 11 is 2.37. The molecule has 0 bridgehead atoms. The quantitative estimate of drug-likeness (QED) is 0.212. The highest BCUT2D eigenvalue weighted by Crippen LogP contribution is 2.36. The van der Waals surface area contributed by atoms with Gasteiger partial charge in [0.15, 0.2) is 0 Å². The number of hydrogen-bond donors (Lipinski definition) is 0. The second-order valence-corrected chi connectivity index (χ2v) is 9.67. The number of thioether (sulfide) groups is 2. The molecule has 0 aliphatic heterocycles. The molecule has 4 aromatic carbocycles. The highest BCUT2D eigenvalue weighted by Gasteiger charge is 2.10. The predicted octanol–water partition coefficient (Wildman–Crippen LogP) is 8.17. The first-order valence-corrected chi connectivity index (χ1v) is 12.0. The van der Waals surface area contributed by atoms with Crippen LogP contribution < -0.4 is 0 Å². The largest absolute Gasteiger partial charge is 0.282 e. The number of rotatable bonds is 6. The van der Waals surface area contributed by atoms with E-state index in [1.165, 1.54) is 29.6 Å². The summed E-state index contributed by atoms with van der Waals surface area (Å²) in [4.78, 5) is 25.4. The van der Waals surface area contributed by atoms with E-state index in [2.05, 4.69) is 61.7 Å². The normalized spacial score (nSPS) is 10.7. The standard InChI is InChI=1S/C29H22O2S2/c1-4-28(30)32-22-15-11-20(12-16-22)24-7-5-10-27-25(8-6-9-26(24)27)21-13-17-23(18-14-21)33-29(31)19(2)3/h4-18H,1-2H2,3H3. The first-order valence-electron chi connectivity index (χ1n) is 10.4. The van der Waals surface area contributed by atoms with Gasteiger partial charge < -0.3 is 0 Å². The van der Waals surface area contributed by atoms with Crippen LogP contribution in [-0.2, 0) is 9.59 Å². The Morgan fingerprint density at radius 2 is 1.15 bits per heavy atom. The van der Waals surface area contributed by atoms with Crippen LogP contribution in [0.3, 0.4) is 0 Å². The van der Waals surface area contributed by atoms with Gasteiger partial charge in [0.25, 0.3) is 0 Å². The number of benzene rings is 4. The summed E-state index contributed by atoms with van der Waals surface area (Å²) in [6.45, 7) is 8.96. The molecule has 4 heteroatoms. The third-order valence-corrected chi connectivity index (χ3v) is 7.11. The Bertz CT molecular complexity index is 1370. The highest BCUT2D eigenvalue weighted by atomic mass is 32.2. The van der Waals surface area contributed by atoms with Gasteiger partial charge in [-0.1, -0.05) is 73.8 Å². The topological polar surface area (TPSA) is 34.1 Å². The van der Waals surface area contributed by atoms with Crippen molar-refractivity contribution in [2.75, 3.05) is 0 Å². The molecule has 4 aromatic rings. The minimum atomic E-state index is -0.0639. The zero-order valence-electron chi connectivity index (χ0n) is 18.2. The Balaban J connectivity index is 1.68. The summed E-state index contributed by atoms with van der Waals surface area (Å²) in [5, 5.41) is 2.24. The molecule has 0 aromatic heterocycles. The third kappa shape index (κ3) is 5.19. The van der Waals surface area contributed by atoms with E-state index in [1.807, 2.05) is 36.4 Å². The Kier molecular flexibility index (Phi) is 6.97. The lowest BCUT2D eigenvalue weighted by Gasteiger charge is -2.12. The van der Waals surface area contributed by atoms with Gasteiger partial charge in [-0.05, 0) is 99.4 Å². The van der Waals surface area contributed by atoms with Crippen LogP contribution in [0.2, 0.25) is 0 Å². The van der Waals surface area contributed by atoms with Gasteiger partial charge in [-0.3, -0.25) is 9.59 Å². The van der Waals surface area contributed by atoms with E-state index in [-0.39, 0.29) is 10.2 Å². The van der Waals surface area contributed by atoms with Crippen LogP contribution in [-0.4, -0.2) is 10.2 Å². The van der Waals surface area contributed by atoms with Crippen LogP contribution in [0, 0.1) is 0 Å². The predicted molar refractivity (Wildman–Crippen MR) is 142 cm³/mol. The summed E-state index contributed by atoms with van der Waals surface area (Å²) in [5.74, 6) is 0. The molecule has 0 fully saturated rings. The minimum absolute atomic E-state index is 0.0178. The molecule has 0 aliphatic rings. The second kappa shape index (κ2) is 10.1. The highest BCUT2D eigenvalue weighted by molar-refractivity contribution is 8.14.